The summed E-state index contributed by atoms with van der Waals surface area (Å²) in [4.78, 5) is 0. The molecule has 1 rings (SSSR count). The molecule has 0 radical (unpaired) electrons. The summed E-state index contributed by atoms with van der Waals surface area (Å²) in [6.45, 7) is 3.66. The van der Waals surface area contributed by atoms with Crippen molar-refractivity contribution in [1.29, 1.82) is 0 Å². The lowest BCUT2D eigenvalue weighted by molar-refractivity contribution is 1.47. The number of hydrogen-bond donors (Lipinski definition) is 0. The van der Waals surface area contributed by atoms with E-state index >= 15 is 0 Å². The van der Waals surface area contributed by atoms with Gasteiger partial charge in [0.25, 0.3) is 0 Å². The molecule has 0 aliphatic heterocycles. The Morgan fingerprint density at radius 1 is 1.70 bits per heavy atom. The Labute approximate surface area is 70.0 Å². The SMILES string of the molecule is C=CCSCc1ccsc1. The van der Waals surface area contributed by atoms with Crippen LogP contribution in [0.25, 0.3) is 0 Å². The summed E-state index contributed by atoms with van der Waals surface area (Å²) in [5.41, 5.74) is 1.43. The van der Waals surface area contributed by atoms with E-state index in [0.29, 0.717) is 0 Å². The van der Waals surface area contributed by atoms with Crippen LogP contribution in [0, 0.1) is 0 Å². The lowest BCUT2D eigenvalue weighted by atomic mass is 10.4. The van der Waals surface area contributed by atoms with Crippen LogP contribution in [0.4, 0.5) is 0 Å². The van der Waals surface area contributed by atoms with E-state index in [0.717, 1.165) is 11.5 Å². The highest BCUT2D eigenvalue weighted by Gasteiger charge is 1.90. The van der Waals surface area contributed by atoms with Gasteiger partial charge in [0.15, 0.2) is 0 Å². The molecule has 0 aromatic carbocycles. The van der Waals surface area contributed by atoms with Gasteiger partial charge in [-0.05, 0) is 22.4 Å². The molecule has 1 heterocycles. The summed E-state index contributed by atoms with van der Waals surface area (Å²) in [6, 6.07) is 2.17. The Morgan fingerprint density at radius 2 is 2.60 bits per heavy atom. The number of thioether (sulfide) groups is 1. The van der Waals surface area contributed by atoms with Crippen LogP contribution in [0.1, 0.15) is 5.56 Å². The van der Waals surface area contributed by atoms with Gasteiger partial charge in [0, 0.05) is 11.5 Å². The fourth-order valence-corrected chi connectivity index (χ4v) is 2.11. The zero-order valence-electron chi connectivity index (χ0n) is 5.75. The van der Waals surface area contributed by atoms with E-state index in [1.165, 1.54) is 5.56 Å². The summed E-state index contributed by atoms with van der Waals surface area (Å²) < 4.78 is 0. The molecule has 0 fully saturated rings. The molecule has 0 bridgehead atoms. The molecule has 0 N–H and O–H groups in total. The number of hydrogen-bond acceptors (Lipinski definition) is 2. The van der Waals surface area contributed by atoms with Crippen molar-refractivity contribution in [2.24, 2.45) is 0 Å². The molecule has 0 unspecified atom stereocenters. The van der Waals surface area contributed by atoms with E-state index < -0.39 is 0 Å². The molecule has 1 aromatic heterocycles. The van der Waals surface area contributed by atoms with Crippen LogP contribution < -0.4 is 0 Å². The van der Waals surface area contributed by atoms with Gasteiger partial charge in [-0.15, -0.1) is 6.58 Å². The third kappa shape index (κ3) is 2.58. The van der Waals surface area contributed by atoms with Gasteiger partial charge in [0.2, 0.25) is 0 Å². The van der Waals surface area contributed by atoms with Gasteiger partial charge in [-0.1, -0.05) is 6.08 Å². The summed E-state index contributed by atoms with van der Waals surface area (Å²) in [6.07, 6.45) is 1.94. The van der Waals surface area contributed by atoms with Gasteiger partial charge in [-0.25, -0.2) is 0 Å². The molecular weight excluding hydrogens is 160 g/mol. The van der Waals surface area contributed by atoms with Crippen molar-refractivity contribution in [2.45, 2.75) is 5.75 Å². The van der Waals surface area contributed by atoms with Gasteiger partial charge in [-0.3, -0.25) is 0 Å². The molecule has 10 heavy (non-hydrogen) atoms. The van der Waals surface area contributed by atoms with E-state index in [2.05, 4.69) is 23.4 Å². The number of thiophene rings is 1. The Kier molecular flexibility index (Phi) is 3.62. The summed E-state index contributed by atoms with van der Waals surface area (Å²) in [7, 11) is 0. The van der Waals surface area contributed by atoms with Crippen molar-refractivity contribution < 1.29 is 0 Å². The maximum Gasteiger partial charge on any atom is 0.0195 e. The molecule has 2 heteroatoms. The summed E-state index contributed by atoms with van der Waals surface area (Å²) in [5, 5.41) is 4.31. The zero-order chi connectivity index (χ0) is 7.23. The molecule has 0 aliphatic rings. The first kappa shape index (κ1) is 7.89. The molecule has 0 atom stereocenters. The van der Waals surface area contributed by atoms with Crippen molar-refractivity contribution in [3.63, 3.8) is 0 Å². The molecule has 0 spiro atoms. The molecule has 0 aliphatic carbocycles. The average Bonchev–Trinajstić information content (AvgIpc) is 2.41. The van der Waals surface area contributed by atoms with Crippen LogP contribution in [0.5, 0.6) is 0 Å². The van der Waals surface area contributed by atoms with Crippen LogP contribution in [0.3, 0.4) is 0 Å². The monoisotopic (exact) mass is 170 g/mol. The van der Waals surface area contributed by atoms with Gasteiger partial charge >= 0.3 is 0 Å². The fraction of sp³-hybridized carbons (Fsp3) is 0.250. The quantitative estimate of drug-likeness (QED) is 0.494. The smallest absolute Gasteiger partial charge is 0.0195 e. The molecule has 0 nitrogen and oxygen atoms in total. The first-order valence-electron chi connectivity index (χ1n) is 3.13. The molecule has 1 aromatic rings. The second-order valence-electron chi connectivity index (χ2n) is 1.94. The van der Waals surface area contributed by atoms with Crippen LogP contribution >= 0.6 is 23.1 Å². The molecular formula is C8H10S2. The lowest BCUT2D eigenvalue weighted by Crippen LogP contribution is -1.74. The molecule has 0 saturated carbocycles. The van der Waals surface area contributed by atoms with Crippen molar-refractivity contribution >= 4 is 23.1 Å². The molecule has 54 valence electrons. The van der Waals surface area contributed by atoms with Crippen LogP contribution in [0.15, 0.2) is 29.5 Å². The van der Waals surface area contributed by atoms with Gasteiger partial charge in [-0.2, -0.15) is 23.1 Å². The van der Waals surface area contributed by atoms with Crippen molar-refractivity contribution in [2.75, 3.05) is 5.75 Å². The minimum atomic E-state index is 1.05. The first-order chi connectivity index (χ1) is 4.93. The molecule has 0 amide bonds. The highest BCUT2D eigenvalue weighted by Crippen LogP contribution is 2.14. The van der Waals surface area contributed by atoms with E-state index in [1.807, 2.05) is 17.8 Å². The van der Waals surface area contributed by atoms with Crippen LogP contribution in [-0.2, 0) is 5.75 Å². The molecule has 0 saturated heterocycles. The Morgan fingerprint density at radius 3 is 3.20 bits per heavy atom. The topological polar surface area (TPSA) is 0 Å². The minimum Gasteiger partial charge on any atom is -0.153 e. The summed E-state index contributed by atoms with van der Waals surface area (Å²) in [5.74, 6) is 2.17. The van der Waals surface area contributed by atoms with E-state index in [1.54, 1.807) is 11.3 Å². The third-order valence-electron chi connectivity index (χ3n) is 1.08. The Balaban J connectivity index is 2.21. The standard InChI is InChI=1S/C8H10S2/c1-2-4-9-6-8-3-5-10-7-8/h2-3,5,7H,1,4,6H2. The Bertz CT molecular complexity index is 177. The average molecular weight is 170 g/mol. The highest BCUT2D eigenvalue weighted by atomic mass is 32.2. The highest BCUT2D eigenvalue weighted by molar-refractivity contribution is 7.98. The van der Waals surface area contributed by atoms with E-state index in [9.17, 15) is 0 Å². The maximum absolute atomic E-state index is 3.66. The second kappa shape index (κ2) is 4.58. The van der Waals surface area contributed by atoms with Crippen LogP contribution in [-0.4, -0.2) is 5.75 Å². The van der Waals surface area contributed by atoms with Crippen molar-refractivity contribution in [3.8, 4) is 0 Å². The second-order valence-corrected chi connectivity index (χ2v) is 3.75. The van der Waals surface area contributed by atoms with E-state index in [-0.39, 0.29) is 0 Å². The normalized spacial score (nSPS) is 9.60. The zero-order valence-corrected chi connectivity index (χ0v) is 7.38. The van der Waals surface area contributed by atoms with Crippen LogP contribution in [0.2, 0.25) is 0 Å². The van der Waals surface area contributed by atoms with Gasteiger partial charge in [0.1, 0.15) is 0 Å². The fourth-order valence-electron chi connectivity index (χ4n) is 0.635. The van der Waals surface area contributed by atoms with Crippen molar-refractivity contribution in [3.05, 3.63) is 35.0 Å². The lowest BCUT2D eigenvalue weighted by Gasteiger charge is -1.92. The predicted molar refractivity (Wildman–Crippen MR) is 50.7 cm³/mol. The first-order valence-corrected chi connectivity index (χ1v) is 5.23. The maximum atomic E-state index is 3.66. The van der Waals surface area contributed by atoms with E-state index in [4.69, 9.17) is 0 Å². The van der Waals surface area contributed by atoms with Gasteiger partial charge in [0.05, 0.1) is 0 Å². The largest absolute Gasteiger partial charge is 0.153 e. The Hall–Kier alpha value is -0.210. The van der Waals surface area contributed by atoms with Gasteiger partial charge < -0.3 is 0 Å². The minimum absolute atomic E-state index is 1.05. The summed E-state index contributed by atoms with van der Waals surface area (Å²) >= 11 is 3.66. The third-order valence-corrected chi connectivity index (χ3v) is 2.83. The predicted octanol–water partition coefficient (Wildman–Crippen LogP) is 3.17. The number of rotatable bonds is 4. The van der Waals surface area contributed by atoms with Crippen molar-refractivity contribution in [1.82, 2.24) is 0 Å².